The lowest BCUT2D eigenvalue weighted by Gasteiger charge is -2.50. The van der Waals surface area contributed by atoms with Crippen molar-refractivity contribution in [3.8, 4) is 0 Å². The van der Waals surface area contributed by atoms with E-state index in [-0.39, 0.29) is 0 Å². The Kier molecular flexibility index (Phi) is 2.73. The van der Waals surface area contributed by atoms with Gasteiger partial charge in [0.15, 0.2) is 0 Å². The van der Waals surface area contributed by atoms with Crippen molar-refractivity contribution in [2.24, 2.45) is 5.41 Å². The summed E-state index contributed by atoms with van der Waals surface area (Å²) in [6, 6.07) is 4.53. The molecule has 2 heteroatoms. The standard InChI is InChI=1S/C15H20BrN/c1-11-7-12(2)14(13(16)8-11)17-9-15(10-17)5-3-4-6-15/h7-8H,3-6,9-10H2,1-2H3. The van der Waals surface area contributed by atoms with Crippen LogP contribution < -0.4 is 4.90 Å². The summed E-state index contributed by atoms with van der Waals surface area (Å²) in [6.45, 7) is 6.94. The van der Waals surface area contributed by atoms with Crippen molar-refractivity contribution >= 4 is 21.6 Å². The SMILES string of the molecule is Cc1cc(C)c(N2CC3(CCCC3)C2)c(Br)c1. The molecule has 1 spiro atoms. The van der Waals surface area contributed by atoms with Crippen LogP contribution in [0.1, 0.15) is 36.8 Å². The molecule has 3 rings (SSSR count). The van der Waals surface area contributed by atoms with Gasteiger partial charge >= 0.3 is 0 Å². The van der Waals surface area contributed by atoms with Crippen molar-refractivity contribution in [3.63, 3.8) is 0 Å². The zero-order valence-electron chi connectivity index (χ0n) is 10.7. The van der Waals surface area contributed by atoms with Gasteiger partial charge in [-0.15, -0.1) is 0 Å². The van der Waals surface area contributed by atoms with Gasteiger partial charge in [0.25, 0.3) is 0 Å². The molecule has 0 atom stereocenters. The number of anilines is 1. The fourth-order valence-electron chi connectivity index (χ4n) is 3.67. The maximum atomic E-state index is 3.73. The van der Waals surface area contributed by atoms with Gasteiger partial charge in [-0.1, -0.05) is 18.9 Å². The summed E-state index contributed by atoms with van der Waals surface area (Å²) in [5, 5.41) is 0. The van der Waals surface area contributed by atoms with E-state index in [0.717, 1.165) is 0 Å². The van der Waals surface area contributed by atoms with Crippen LogP contribution >= 0.6 is 15.9 Å². The van der Waals surface area contributed by atoms with E-state index in [1.54, 1.807) is 0 Å². The third-order valence-electron chi connectivity index (χ3n) is 4.43. The van der Waals surface area contributed by atoms with E-state index in [1.807, 2.05) is 0 Å². The predicted molar refractivity (Wildman–Crippen MR) is 76.7 cm³/mol. The third-order valence-corrected chi connectivity index (χ3v) is 5.04. The third kappa shape index (κ3) is 1.91. The van der Waals surface area contributed by atoms with Gasteiger partial charge in [-0.3, -0.25) is 0 Å². The fraction of sp³-hybridized carbons (Fsp3) is 0.600. The van der Waals surface area contributed by atoms with Gasteiger partial charge in [0.2, 0.25) is 0 Å². The van der Waals surface area contributed by atoms with E-state index in [0.29, 0.717) is 5.41 Å². The molecule has 0 radical (unpaired) electrons. The van der Waals surface area contributed by atoms with Crippen molar-refractivity contribution in [2.75, 3.05) is 18.0 Å². The van der Waals surface area contributed by atoms with Crippen LogP contribution in [0, 0.1) is 19.3 Å². The molecule has 1 nitrogen and oxygen atoms in total. The van der Waals surface area contributed by atoms with Crippen LogP contribution in [0.5, 0.6) is 0 Å². The highest BCUT2D eigenvalue weighted by atomic mass is 79.9. The number of aryl methyl sites for hydroxylation is 2. The molecular weight excluding hydrogens is 274 g/mol. The maximum Gasteiger partial charge on any atom is 0.0540 e. The lowest BCUT2D eigenvalue weighted by atomic mass is 9.78. The average molecular weight is 294 g/mol. The smallest absolute Gasteiger partial charge is 0.0540 e. The summed E-state index contributed by atoms with van der Waals surface area (Å²) >= 11 is 3.73. The van der Waals surface area contributed by atoms with E-state index < -0.39 is 0 Å². The van der Waals surface area contributed by atoms with Crippen LogP contribution in [-0.2, 0) is 0 Å². The summed E-state index contributed by atoms with van der Waals surface area (Å²) in [7, 11) is 0. The Morgan fingerprint density at radius 1 is 1.12 bits per heavy atom. The average Bonchev–Trinajstić information content (AvgIpc) is 2.63. The number of benzene rings is 1. The lowest BCUT2D eigenvalue weighted by molar-refractivity contribution is 0.221. The van der Waals surface area contributed by atoms with Crippen LogP contribution in [0.2, 0.25) is 0 Å². The Morgan fingerprint density at radius 2 is 1.76 bits per heavy atom. The summed E-state index contributed by atoms with van der Waals surface area (Å²) < 4.78 is 1.27. The molecule has 0 aromatic heterocycles. The van der Waals surface area contributed by atoms with E-state index in [1.165, 1.54) is 60.1 Å². The molecular formula is C15H20BrN. The van der Waals surface area contributed by atoms with Crippen LogP contribution in [-0.4, -0.2) is 13.1 Å². The second-order valence-corrected chi connectivity index (χ2v) is 6.83. The molecule has 1 saturated carbocycles. The summed E-state index contributed by atoms with van der Waals surface area (Å²) in [4.78, 5) is 2.56. The minimum Gasteiger partial charge on any atom is -0.369 e. The number of halogens is 1. The van der Waals surface area contributed by atoms with Gasteiger partial charge < -0.3 is 4.90 Å². The van der Waals surface area contributed by atoms with E-state index in [9.17, 15) is 0 Å². The second-order valence-electron chi connectivity index (χ2n) is 5.98. The minimum atomic E-state index is 0.677. The van der Waals surface area contributed by atoms with Gasteiger partial charge in [0.1, 0.15) is 0 Å². The molecule has 1 aliphatic carbocycles. The summed E-state index contributed by atoms with van der Waals surface area (Å²) in [5.41, 5.74) is 4.85. The lowest BCUT2D eigenvalue weighted by Crippen LogP contribution is -2.55. The van der Waals surface area contributed by atoms with Crippen LogP contribution in [0.15, 0.2) is 16.6 Å². The molecule has 92 valence electrons. The van der Waals surface area contributed by atoms with Crippen molar-refractivity contribution in [1.82, 2.24) is 0 Å². The van der Waals surface area contributed by atoms with E-state index >= 15 is 0 Å². The molecule has 1 aliphatic heterocycles. The monoisotopic (exact) mass is 293 g/mol. The molecule has 17 heavy (non-hydrogen) atoms. The molecule has 2 fully saturated rings. The Balaban J connectivity index is 1.83. The van der Waals surface area contributed by atoms with Crippen molar-refractivity contribution in [2.45, 2.75) is 39.5 Å². The first kappa shape index (κ1) is 11.6. The van der Waals surface area contributed by atoms with Gasteiger partial charge in [0.05, 0.1) is 5.69 Å². The van der Waals surface area contributed by atoms with Gasteiger partial charge in [-0.25, -0.2) is 0 Å². The molecule has 0 N–H and O–H groups in total. The Morgan fingerprint density at radius 3 is 2.35 bits per heavy atom. The first-order valence-electron chi connectivity index (χ1n) is 6.61. The first-order valence-corrected chi connectivity index (χ1v) is 7.41. The zero-order chi connectivity index (χ0) is 12.0. The Labute approximate surface area is 112 Å². The molecule has 0 unspecified atom stereocenters. The predicted octanol–water partition coefficient (Wildman–Crippen LogP) is 4.45. The summed E-state index contributed by atoms with van der Waals surface area (Å²) in [5.74, 6) is 0. The molecule has 2 aliphatic rings. The highest BCUT2D eigenvalue weighted by Gasteiger charge is 2.45. The van der Waals surface area contributed by atoms with Crippen molar-refractivity contribution < 1.29 is 0 Å². The maximum absolute atomic E-state index is 3.73. The molecule has 1 saturated heterocycles. The van der Waals surface area contributed by atoms with Crippen molar-refractivity contribution in [3.05, 3.63) is 27.7 Å². The zero-order valence-corrected chi connectivity index (χ0v) is 12.3. The number of nitrogens with zero attached hydrogens (tertiary/aromatic N) is 1. The Hall–Kier alpha value is -0.500. The van der Waals surface area contributed by atoms with Gasteiger partial charge in [-0.2, -0.15) is 0 Å². The first-order chi connectivity index (χ1) is 8.10. The van der Waals surface area contributed by atoms with Crippen LogP contribution in [0.4, 0.5) is 5.69 Å². The van der Waals surface area contributed by atoms with Crippen LogP contribution in [0.3, 0.4) is 0 Å². The van der Waals surface area contributed by atoms with Crippen molar-refractivity contribution in [1.29, 1.82) is 0 Å². The number of hydrogen-bond donors (Lipinski definition) is 0. The Bertz CT molecular complexity index is 415. The topological polar surface area (TPSA) is 3.24 Å². The highest BCUT2D eigenvalue weighted by Crippen LogP contribution is 2.48. The quantitative estimate of drug-likeness (QED) is 0.740. The molecule has 0 bridgehead atoms. The minimum absolute atomic E-state index is 0.677. The molecule has 0 amide bonds. The van der Waals surface area contributed by atoms with Gasteiger partial charge in [0, 0.05) is 23.0 Å². The largest absolute Gasteiger partial charge is 0.369 e. The highest BCUT2D eigenvalue weighted by molar-refractivity contribution is 9.10. The molecule has 1 heterocycles. The normalized spacial score (nSPS) is 21.9. The van der Waals surface area contributed by atoms with Gasteiger partial charge in [-0.05, 0) is 59.8 Å². The second kappa shape index (κ2) is 4.01. The number of hydrogen-bond acceptors (Lipinski definition) is 1. The molecule has 1 aromatic carbocycles. The van der Waals surface area contributed by atoms with E-state index in [2.05, 4.69) is 46.8 Å². The summed E-state index contributed by atoms with van der Waals surface area (Å²) in [6.07, 6.45) is 5.79. The fourth-order valence-corrected chi connectivity index (χ4v) is 4.60. The number of rotatable bonds is 1. The van der Waals surface area contributed by atoms with E-state index in [4.69, 9.17) is 0 Å². The molecule has 1 aromatic rings. The van der Waals surface area contributed by atoms with Crippen LogP contribution in [0.25, 0.3) is 0 Å².